The molecule has 24 heavy (non-hydrogen) atoms. The highest BCUT2D eigenvalue weighted by molar-refractivity contribution is 7.89. The SMILES string of the molecule is CN(C)C(CNc1ccc([N+](=O)[O-])cc1S(N)(=O)=O)c1cccs1. The van der Waals surface area contributed by atoms with Crippen LogP contribution in [0.25, 0.3) is 0 Å². The maximum atomic E-state index is 11.7. The molecule has 1 unspecified atom stereocenters. The number of sulfonamides is 1. The molecule has 0 aliphatic carbocycles. The van der Waals surface area contributed by atoms with Crippen molar-refractivity contribution >= 4 is 32.7 Å². The molecule has 0 spiro atoms. The molecule has 0 amide bonds. The monoisotopic (exact) mass is 370 g/mol. The molecule has 2 aromatic rings. The van der Waals surface area contributed by atoms with E-state index in [9.17, 15) is 18.5 Å². The number of hydrogen-bond acceptors (Lipinski definition) is 7. The second-order valence-electron chi connectivity index (χ2n) is 5.36. The first-order chi connectivity index (χ1) is 11.2. The van der Waals surface area contributed by atoms with Gasteiger partial charge in [0.15, 0.2) is 0 Å². The molecule has 0 bridgehead atoms. The van der Waals surface area contributed by atoms with E-state index in [1.165, 1.54) is 12.1 Å². The number of non-ortho nitro benzene ring substituents is 1. The molecule has 1 aromatic heterocycles. The molecule has 0 radical (unpaired) electrons. The van der Waals surface area contributed by atoms with Crippen LogP contribution in [0.1, 0.15) is 10.9 Å². The van der Waals surface area contributed by atoms with Gasteiger partial charge in [0, 0.05) is 23.6 Å². The van der Waals surface area contributed by atoms with Crippen LogP contribution >= 0.6 is 11.3 Å². The summed E-state index contributed by atoms with van der Waals surface area (Å²) in [6.45, 7) is 0.424. The van der Waals surface area contributed by atoms with Crippen LogP contribution in [0.3, 0.4) is 0 Å². The Hall–Kier alpha value is -2.01. The number of primary sulfonamides is 1. The first-order valence-corrected chi connectivity index (χ1v) is 9.37. The van der Waals surface area contributed by atoms with E-state index >= 15 is 0 Å². The summed E-state index contributed by atoms with van der Waals surface area (Å²) in [5.41, 5.74) is -0.0847. The lowest BCUT2D eigenvalue weighted by Crippen LogP contribution is -2.27. The highest BCUT2D eigenvalue weighted by atomic mass is 32.2. The first kappa shape index (κ1) is 18.3. The molecule has 130 valence electrons. The van der Waals surface area contributed by atoms with E-state index in [-0.39, 0.29) is 22.3 Å². The fraction of sp³-hybridized carbons (Fsp3) is 0.286. The van der Waals surface area contributed by atoms with Crippen molar-refractivity contribution in [2.75, 3.05) is 26.0 Å². The molecule has 0 aliphatic rings. The number of nitro groups is 1. The Morgan fingerprint density at radius 2 is 2.08 bits per heavy atom. The second-order valence-corrected chi connectivity index (χ2v) is 7.87. The molecule has 1 aromatic carbocycles. The van der Waals surface area contributed by atoms with Crippen LogP contribution in [0.5, 0.6) is 0 Å². The van der Waals surface area contributed by atoms with Crippen LogP contribution in [-0.4, -0.2) is 38.9 Å². The van der Waals surface area contributed by atoms with Crippen LogP contribution in [0.4, 0.5) is 11.4 Å². The zero-order chi connectivity index (χ0) is 17.9. The number of nitrogens with one attached hydrogen (secondary N) is 1. The van der Waals surface area contributed by atoms with Crippen molar-refractivity contribution in [1.82, 2.24) is 4.90 Å². The number of rotatable bonds is 7. The smallest absolute Gasteiger partial charge is 0.270 e. The fourth-order valence-corrected chi connectivity index (χ4v) is 3.89. The molecule has 1 heterocycles. The van der Waals surface area contributed by atoms with E-state index < -0.39 is 14.9 Å². The van der Waals surface area contributed by atoms with Crippen molar-refractivity contribution in [2.24, 2.45) is 5.14 Å². The van der Waals surface area contributed by atoms with Crippen molar-refractivity contribution < 1.29 is 13.3 Å². The van der Waals surface area contributed by atoms with E-state index in [1.807, 2.05) is 36.5 Å². The minimum atomic E-state index is -4.09. The van der Waals surface area contributed by atoms with Crippen LogP contribution in [0.2, 0.25) is 0 Å². The van der Waals surface area contributed by atoms with Gasteiger partial charge >= 0.3 is 0 Å². The molecule has 0 saturated carbocycles. The third-order valence-corrected chi connectivity index (χ3v) is 5.39. The Morgan fingerprint density at radius 3 is 2.58 bits per heavy atom. The third-order valence-electron chi connectivity index (χ3n) is 3.46. The summed E-state index contributed by atoms with van der Waals surface area (Å²) in [7, 11) is -0.251. The minimum Gasteiger partial charge on any atom is -0.382 e. The van der Waals surface area contributed by atoms with E-state index in [4.69, 9.17) is 5.14 Å². The number of hydrogen-bond donors (Lipinski definition) is 2. The molecule has 10 heteroatoms. The summed E-state index contributed by atoms with van der Waals surface area (Å²) in [4.78, 5) is 13.0. The number of nitrogens with two attached hydrogens (primary N) is 1. The molecule has 8 nitrogen and oxygen atoms in total. The van der Waals surface area contributed by atoms with Gasteiger partial charge in [-0.2, -0.15) is 0 Å². The average Bonchev–Trinajstić information content (AvgIpc) is 3.00. The van der Waals surface area contributed by atoms with Gasteiger partial charge in [0.1, 0.15) is 4.90 Å². The van der Waals surface area contributed by atoms with Crippen molar-refractivity contribution in [3.05, 3.63) is 50.7 Å². The van der Waals surface area contributed by atoms with Crippen molar-refractivity contribution in [3.8, 4) is 0 Å². The Bertz CT molecular complexity index is 819. The van der Waals surface area contributed by atoms with Gasteiger partial charge in [-0.3, -0.25) is 10.1 Å². The number of nitrogens with zero attached hydrogens (tertiary/aromatic N) is 2. The van der Waals surface area contributed by atoms with Crippen LogP contribution in [-0.2, 0) is 10.0 Å². The van der Waals surface area contributed by atoms with Gasteiger partial charge in [-0.05, 0) is 31.6 Å². The second kappa shape index (κ2) is 7.26. The Kier molecular flexibility index (Phi) is 5.54. The maximum Gasteiger partial charge on any atom is 0.270 e. The topological polar surface area (TPSA) is 119 Å². The maximum absolute atomic E-state index is 11.7. The third kappa shape index (κ3) is 4.29. The van der Waals surface area contributed by atoms with E-state index in [1.54, 1.807) is 11.3 Å². The average molecular weight is 370 g/mol. The van der Waals surface area contributed by atoms with E-state index in [0.717, 1.165) is 10.9 Å². The van der Waals surface area contributed by atoms with Crippen molar-refractivity contribution in [3.63, 3.8) is 0 Å². The van der Waals surface area contributed by atoms with E-state index in [0.29, 0.717) is 6.54 Å². The summed E-state index contributed by atoms with van der Waals surface area (Å²) in [6, 6.07) is 7.53. The summed E-state index contributed by atoms with van der Waals surface area (Å²) in [6.07, 6.45) is 0. The molecule has 0 fully saturated rings. The number of thiophene rings is 1. The fourth-order valence-electron chi connectivity index (χ4n) is 2.23. The highest BCUT2D eigenvalue weighted by Crippen LogP contribution is 2.28. The van der Waals surface area contributed by atoms with Gasteiger partial charge in [0.25, 0.3) is 5.69 Å². The van der Waals surface area contributed by atoms with Gasteiger partial charge in [-0.15, -0.1) is 11.3 Å². The standard InChI is InChI=1S/C14H18N4O4S2/c1-17(2)12(13-4-3-7-23-13)9-16-11-6-5-10(18(19)20)8-14(11)24(15,21)22/h3-8,12,16H,9H2,1-2H3,(H2,15,21,22). The zero-order valence-electron chi connectivity index (χ0n) is 13.2. The largest absolute Gasteiger partial charge is 0.382 e. The van der Waals surface area contributed by atoms with Gasteiger partial charge in [0.05, 0.1) is 16.7 Å². The predicted molar refractivity (Wildman–Crippen MR) is 93.7 cm³/mol. The molecular weight excluding hydrogens is 352 g/mol. The van der Waals surface area contributed by atoms with Gasteiger partial charge in [-0.25, -0.2) is 13.6 Å². The predicted octanol–water partition coefficient (Wildman–Crippen LogP) is 2.02. The molecule has 1 atom stereocenters. The Balaban J connectivity index is 2.30. The lowest BCUT2D eigenvalue weighted by Gasteiger charge is -2.24. The molecule has 0 saturated heterocycles. The summed E-state index contributed by atoms with van der Waals surface area (Å²) in [5.74, 6) is 0. The van der Waals surface area contributed by atoms with Crippen LogP contribution in [0.15, 0.2) is 40.6 Å². The molecule has 2 rings (SSSR count). The zero-order valence-corrected chi connectivity index (χ0v) is 14.8. The molecule has 3 N–H and O–H groups in total. The van der Waals surface area contributed by atoms with E-state index in [2.05, 4.69) is 5.32 Å². The Morgan fingerprint density at radius 1 is 1.38 bits per heavy atom. The minimum absolute atomic E-state index is 0.0218. The summed E-state index contributed by atoms with van der Waals surface area (Å²) in [5, 5.41) is 21.0. The van der Waals surface area contributed by atoms with Crippen molar-refractivity contribution in [2.45, 2.75) is 10.9 Å². The normalized spacial score (nSPS) is 13.0. The number of likely N-dealkylation sites (N-methyl/N-ethyl adjacent to an activating group) is 1. The first-order valence-electron chi connectivity index (χ1n) is 6.95. The van der Waals surface area contributed by atoms with Crippen LogP contribution < -0.4 is 10.5 Å². The molecule has 0 aliphatic heterocycles. The quantitative estimate of drug-likeness (QED) is 0.568. The van der Waals surface area contributed by atoms with Gasteiger partial charge in [-0.1, -0.05) is 6.07 Å². The number of nitro benzene ring substituents is 1. The van der Waals surface area contributed by atoms with Gasteiger partial charge in [0.2, 0.25) is 10.0 Å². The summed E-state index contributed by atoms with van der Waals surface area (Å²) < 4.78 is 23.5. The van der Waals surface area contributed by atoms with Crippen molar-refractivity contribution in [1.29, 1.82) is 0 Å². The van der Waals surface area contributed by atoms with Crippen LogP contribution in [0, 0.1) is 10.1 Å². The molecular formula is C14H18N4O4S2. The number of anilines is 1. The lowest BCUT2D eigenvalue weighted by atomic mass is 10.2. The van der Waals surface area contributed by atoms with Gasteiger partial charge < -0.3 is 10.2 Å². The summed E-state index contributed by atoms with van der Waals surface area (Å²) >= 11 is 1.60. The lowest BCUT2D eigenvalue weighted by molar-refractivity contribution is -0.385. The highest BCUT2D eigenvalue weighted by Gasteiger charge is 2.21. The number of benzene rings is 1. The Labute approximate surface area is 144 Å².